The van der Waals surface area contributed by atoms with Crippen LogP contribution in [-0.2, 0) is 10.0 Å². The number of nitrogens with zero attached hydrogens (tertiary/aromatic N) is 2. The van der Waals surface area contributed by atoms with Crippen molar-refractivity contribution in [3.63, 3.8) is 0 Å². The van der Waals surface area contributed by atoms with Crippen LogP contribution in [0.1, 0.15) is 24.8 Å². The first kappa shape index (κ1) is 23.0. The van der Waals surface area contributed by atoms with E-state index in [0.29, 0.717) is 31.2 Å². The second kappa shape index (κ2) is 10.6. The van der Waals surface area contributed by atoms with Crippen molar-refractivity contribution < 1.29 is 13.2 Å². The molecule has 0 amide bonds. The fourth-order valence-corrected chi connectivity index (χ4v) is 5.14. The lowest BCUT2D eigenvalue weighted by Gasteiger charge is -2.17. The Morgan fingerprint density at radius 1 is 0.970 bits per heavy atom. The zero-order chi connectivity index (χ0) is 23.1. The molecule has 6 nitrogen and oxygen atoms in total. The highest BCUT2D eigenvalue weighted by molar-refractivity contribution is 7.89. The third kappa shape index (κ3) is 6.20. The molecule has 0 aromatic heterocycles. The Kier molecular flexibility index (Phi) is 7.40. The Labute approximate surface area is 195 Å². The van der Waals surface area contributed by atoms with Gasteiger partial charge in [-0.3, -0.25) is 0 Å². The van der Waals surface area contributed by atoms with Crippen LogP contribution in [0.25, 0.3) is 11.1 Å². The first-order chi connectivity index (χ1) is 16.0. The Bertz CT molecular complexity index is 1190. The van der Waals surface area contributed by atoms with Crippen molar-refractivity contribution in [1.82, 2.24) is 9.84 Å². The highest BCUT2D eigenvalue weighted by Gasteiger charge is 2.26. The van der Waals surface area contributed by atoms with Gasteiger partial charge in [-0.2, -0.15) is 5.26 Å². The molecule has 0 radical (unpaired) electrons. The zero-order valence-electron chi connectivity index (χ0n) is 18.4. The molecule has 0 spiro atoms. The Morgan fingerprint density at radius 2 is 1.64 bits per heavy atom. The summed E-state index contributed by atoms with van der Waals surface area (Å²) in [6.45, 7) is 2.06. The molecule has 33 heavy (non-hydrogen) atoms. The Morgan fingerprint density at radius 3 is 2.30 bits per heavy atom. The van der Waals surface area contributed by atoms with E-state index in [4.69, 9.17) is 10.00 Å². The predicted octanol–water partition coefficient (Wildman–Crippen LogP) is 4.60. The average Bonchev–Trinajstić information content (AvgIpc) is 3.29. The standard InChI is InChI=1S/C26H27N3O3S/c27-19-21-8-10-23(11-9-21)24-12-14-25(15-13-24)32-18-4-5-22-16-17-29(20-22)28-33(30,31)26-6-2-1-3-7-26/h1-3,6-15,22,28H,4-5,16-18,20H2/t22-/m1/s1. The normalized spacial score (nSPS) is 16.4. The van der Waals surface area contributed by atoms with Gasteiger partial charge in [0.2, 0.25) is 0 Å². The quantitative estimate of drug-likeness (QED) is 0.471. The highest BCUT2D eigenvalue weighted by Crippen LogP contribution is 2.24. The first-order valence-electron chi connectivity index (χ1n) is 11.1. The van der Waals surface area contributed by atoms with Crippen LogP contribution in [0.3, 0.4) is 0 Å². The van der Waals surface area contributed by atoms with Crippen molar-refractivity contribution >= 4 is 10.0 Å². The van der Waals surface area contributed by atoms with E-state index < -0.39 is 10.0 Å². The van der Waals surface area contributed by atoms with E-state index in [2.05, 4.69) is 10.9 Å². The van der Waals surface area contributed by atoms with Crippen LogP contribution in [0.5, 0.6) is 5.75 Å². The number of hydrogen-bond donors (Lipinski definition) is 1. The lowest BCUT2D eigenvalue weighted by molar-refractivity contribution is 0.269. The van der Waals surface area contributed by atoms with E-state index in [9.17, 15) is 8.42 Å². The van der Waals surface area contributed by atoms with Gasteiger partial charge in [0, 0.05) is 13.1 Å². The van der Waals surface area contributed by atoms with Gasteiger partial charge < -0.3 is 4.74 Å². The van der Waals surface area contributed by atoms with Crippen LogP contribution in [0.4, 0.5) is 0 Å². The maximum Gasteiger partial charge on any atom is 0.253 e. The molecule has 0 bridgehead atoms. The molecule has 170 valence electrons. The van der Waals surface area contributed by atoms with E-state index in [1.807, 2.05) is 48.5 Å². The Balaban J connectivity index is 1.19. The van der Waals surface area contributed by atoms with Crippen LogP contribution >= 0.6 is 0 Å². The molecule has 1 N–H and O–H groups in total. The molecular weight excluding hydrogens is 434 g/mol. The first-order valence-corrected chi connectivity index (χ1v) is 12.6. The number of ether oxygens (including phenoxy) is 1. The van der Waals surface area contributed by atoms with Crippen LogP contribution in [0, 0.1) is 17.2 Å². The van der Waals surface area contributed by atoms with Gasteiger partial charge in [-0.05, 0) is 72.7 Å². The molecule has 0 saturated carbocycles. The van der Waals surface area contributed by atoms with Crippen molar-refractivity contribution in [3.8, 4) is 22.9 Å². The number of rotatable bonds is 9. The summed E-state index contributed by atoms with van der Waals surface area (Å²) in [6.07, 6.45) is 2.88. The summed E-state index contributed by atoms with van der Waals surface area (Å²) in [5, 5.41) is 10.7. The molecule has 1 aliphatic rings. The smallest absolute Gasteiger partial charge is 0.253 e. The monoisotopic (exact) mass is 461 g/mol. The summed E-state index contributed by atoms with van der Waals surface area (Å²) in [5.74, 6) is 1.28. The van der Waals surface area contributed by atoms with Crippen molar-refractivity contribution in [2.75, 3.05) is 19.7 Å². The van der Waals surface area contributed by atoms with Gasteiger partial charge in [0.25, 0.3) is 10.0 Å². The molecular formula is C26H27N3O3S. The molecule has 1 aliphatic heterocycles. The van der Waals surface area contributed by atoms with E-state index in [1.165, 1.54) is 0 Å². The number of hydrazine groups is 1. The van der Waals surface area contributed by atoms with Gasteiger partial charge in [-0.15, -0.1) is 4.83 Å². The summed E-state index contributed by atoms with van der Waals surface area (Å²) in [5.41, 5.74) is 2.79. The van der Waals surface area contributed by atoms with E-state index in [-0.39, 0.29) is 4.90 Å². The maximum atomic E-state index is 12.5. The number of nitrogens with one attached hydrogen (secondary N) is 1. The fourth-order valence-electron chi connectivity index (χ4n) is 4.02. The molecule has 0 unspecified atom stereocenters. The van der Waals surface area contributed by atoms with Crippen molar-refractivity contribution in [3.05, 3.63) is 84.4 Å². The maximum absolute atomic E-state index is 12.5. The van der Waals surface area contributed by atoms with Crippen LogP contribution in [-0.4, -0.2) is 33.1 Å². The molecule has 1 fully saturated rings. The molecule has 4 rings (SSSR count). The minimum atomic E-state index is -3.52. The summed E-state index contributed by atoms with van der Waals surface area (Å²) < 4.78 is 30.8. The molecule has 1 atom stereocenters. The van der Waals surface area contributed by atoms with Crippen LogP contribution in [0.2, 0.25) is 0 Å². The third-order valence-electron chi connectivity index (χ3n) is 5.82. The number of hydrogen-bond acceptors (Lipinski definition) is 5. The van der Waals surface area contributed by atoms with Gasteiger partial charge in [0.1, 0.15) is 5.75 Å². The largest absolute Gasteiger partial charge is 0.494 e. The van der Waals surface area contributed by atoms with E-state index in [1.54, 1.807) is 35.3 Å². The lowest BCUT2D eigenvalue weighted by atomic mass is 10.0. The van der Waals surface area contributed by atoms with Crippen molar-refractivity contribution in [2.24, 2.45) is 5.92 Å². The SMILES string of the molecule is N#Cc1ccc(-c2ccc(OCCC[C@@H]3CCN(NS(=O)(=O)c4ccccc4)C3)cc2)cc1. The molecule has 3 aromatic rings. The second-order valence-corrected chi connectivity index (χ2v) is 9.87. The summed E-state index contributed by atoms with van der Waals surface area (Å²) >= 11 is 0. The van der Waals surface area contributed by atoms with Crippen molar-refractivity contribution in [1.29, 1.82) is 5.26 Å². The third-order valence-corrected chi connectivity index (χ3v) is 7.21. The van der Waals surface area contributed by atoms with Gasteiger partial charge in [0.15, 0.2) is 0 Å². The zero-order valence-corrected chi connectivity index (χ0v) is 19.2. The van der Waals surface area contributed by atoms with Crippen LogP contribution < -0.4 is 9.57 Å². The summed E-state index contributed by atoms with van der Waals surface area (Å²) in [7, 11) is -3.52. The molecule has 0 aliphatic carbocycles. The minimum Gasteiger partial charge on any atom is -0.494 e. The molecule has 3 aromatic carbocycles. The average molecular weight is 462 g/mol. The summed E-state index contributed by atoms with van der Waals surface area (Å²) in [6, 6.07) is 26.1. The lowest BCUT2D eigenvalue weighted by Crippen LogP contribution is -2.40. The van der Waals surface area contributed by atoms with Gasteiger partial charge >= 0.3 is 0 Å². The molecule has 1 saturated heterocycles. The van der Waals surface area contributed by atoms with Crippen LogP contribution in [0.15, 0.2) is 83.8 Å². The predicted molar refractivity (Wildman–Crippen MR) is 128 cm³/mol. The highest BCUT2D eigenvalue weighted by atomic mass is 32.2. The fraction of sp³-hybridized carbons (Fsp3) is 0.269. The molecule has 7 heteroatoms. The van der Waals surface area contributed by atoms with Crippen molar-refractivity contribution in [2.45, 2.75) is 24.2 Å². The minimum absolute atomic E-state index is 0.284. The van der Waals surface area contributed by atoms with Gasteiger partial charge in [-0.25, -0.2) is 13.4 Å². The molecule has 1 heterocycles. The second-order valence-electron chi connectivity index (χ2n) is 8.21. The summed E-state index contributed by atoms with van der Waals surface area (Å²) in [4.78, 5) is 2.99. The van der Waals surface area contributed by atoms with Gasteiger partial charge in [0.05, 0.1) is 23.1 Å². The number of nitriles is 1. The number of sulfonamides is 1. The van der Waals surface area contributed by atoms with E-state index >= 15 is 0 Å². The number of benzene rings is 3. The topological polar surface area (TPSA) is 82.4 Å². The van der Waals surface area contributed by atoms with E-state index in [0.717, 1.165) is 36.1 Å². The van der Waals surface area contributed by atoms with Gasteiger partial charge in [-0.1, -0.05) is 42.5 Å². The Hall–Kier alpha value is -3.18.